The molecule has 0 amide bonds. The van der Waals surface area contributed by atoms with Gasteiger partial charge in [-0.1, -0.05) is 18.2 Å². The number of ether oxygens (including phenoxy) is 1. The first-order chi connectivity index (χ1) is 7.66. The number of nitro benzene ring substituents is 1. The van der Waals surface area contributed by atoms with Gasteiger partial charge in [-0.05, 0) is 22.0 Å². The van der Waals surface area contributed by atoms with Crippen molar-refractivity contribution in [1.82, 2.24) is 0 Å². The Labute approximate surface area is 101 Å². The molecule has 0 aliphatic rings. The van der Waals surface area contributed by atoms with Crippen molar-refractivity contribution in [2.24, 2.45) is 5.73 Å². The molecule has 1 aromatic rings. The minimum atomic E-state index is -0.466. The van der Waals surface area contributed by atoms with Crippen LogP contribution in [0.4, 0.5) is 5.69 Å². The Balaban J connectivity index is 2.77. The lowest BCUT2D eigenvalue weighted by Crippen LogP contribution is -1.98. The fraction of sp³-hybridized carbons (Fsp3) is 0.200. The van der Waals surface area contributed by atoms with Crippen LogP contribution >= 0.6 is 15.9 Å². The van der Waals surface area contributed by atoms with Crippen molar-refractivity contribution in [3.8, 4) is 5.75 Å². The number of benzene rings is 1. The Morgan fingerprint density at radius 2 is 2.25 bits per heavy atom. The van der Waals surface area contributed by atoms with Gasteiger partial charge in [-0.2, -0.15) is 0 Å². The topological polar surface area (TPSA) is 78.4 Å². The van der Waals surface area contributed by atoms with E-state index in [-0.39, 0.29) is 5.69 Å². The van der Waals surface area contributed by atoms with Crippen LogP contribution in [-0.4, -0.2) is 18.1 Å². The molecule has 0 aromatic heterocycles. The lowest BCUT2D eigenvalue weighted by atomic mass is 10.3. The van der Waals surface area contributed by atoms with Crippen LogP contribution in [0.25, 0.3) is 0 Å². The zero-order valence-corrected chi connectivity index (χ0v) is 10.0. The largest absolute Gasteiger partial charge is 0.488 e. The normalized spacial score (nSPS) is 10.6. The summed E-state index contributed by atoms with van der Waals surface area (Å²) in [5.74, 6) is 0.441. The molecule has 0 saturated carbocycles. The number of hydrogen-bond donors (Lipinski definition) is 1. The molecule has 0 fully saturated rings. The fourth-order valence-corrected chi connectivity index (χ4v) is 1.58. The Morgan fingerprint density at radius 1 is 1.50 bits per heavy atom. The predicted octanol–water partition coefficient (Wildman–Crippen LogP) is 2.25. The molecule has 0 atom stereocenters. The van der Waals surface area contributed by atoms with Crippen molar-refractivity contribution in [3.05, 3.63) is 44.9 Å². The maximum atomic E-state index is 10.6. The lowest BCUT2D eigenvalue weighted by Gasteiger charge is -2.05. The third kappa shape index (κ3) is 3.32. The van der Waals surface area contributed by atoms with E-state index in [1.807, 2.05) is 0 Å². The Morgan fingerprint density at radius 3 is 2.88 bits per heavy atom. The van der Waals surface area contributed by atoms with Crippen LogP contribution in [0.15, 0.2) is 34.8 Å². The highest BCUT2D eigenvalue weighted by Gasteiger charge is 2.15. The zero-order chi connectivity index (χ0) is 12.0. The SMILES string of the molecule is NC/C=C/COc1cccc([N+](=O)[O-])c1Br. The molecule has 2 N–H and O–H groups in total. The maximum Gasteiger partial charge on any atom is 0.287 e. The van der Waals surface area contributed by atoms with E-state index in [1.165, 1.54) is 6.07 Å². The first-order valence-electron chi connectivity index (χ1n) is 4.57. The molecule has 0 unspecified atom stereocenters. The van der Waals surface area contributed by atoms with Crippen molar-refractivity contribution in [1.29, 1.82) is 0 Å². The average Bonchev–Trinajstić information content (AvgIpc) is 2.26. The Kier molecular flexibility index (Phi) is 4.94. The van der Waals surface area contributed by atoms with E-state index in [0.29, 0.717) is 23.4 Å². The van der Waals surface area contributed by atoms with Gasteiger partial charge in [0.15, 0.2) is 0 Å². The van der Waals surface area contributed by atoms with Crippen LogP contribution in [0.1, 0.15) is 0 Å². The molecule has 0 saturated heterocycles. The first kappa shape index (κ1) is 12.7. The molecular weight excluding hydrogens is 276 g/mol. The molecule has 6 heteroatoms. The highest BCUT2D eigenvalue weighted by molar-refractivity contribution is 9.10. The monoisotopic (exact) mass is 286 g/mol. The number of nitro groups is 1. The van der Waals surface area contributed by atoms with Crippen molar-refractivity contribution >= 4 is 21.6 Å². The molecule has 1 aromatic carbocycles. The van der Waals surface area contributed by atoms with Crippen molar-refractivity contribution < 1.29 is 9.66 Å². The summed E-state index contributed by atoms with van der Waals surface area (Å²) in [7, 11) is 0. The second-order valence-corrected chi connectivity index (χ2v) is 3.66. The third-order valence-corrected chi connectivity index (χ3v) is 2.57. The van der Waals surface area contributed by atoms with Gasteiger partial charge in [0, 0.05) is 12.6 Å². The van der Waals surface area contributed by atoms with Gasteiger partial charge >= 0.3 is 0 Å². The van der Waals surface area contributed by atoms with Crippen molar-refractivity contribution in [3.63, 3.8) is 0 Å². The predicted molar refractivity (Wildman–Crippen MR) is 64.5 cm³/mol. The molecule has 86 valence electrons. The van der Waals surface area contributed by atoms with Gasteiger partial charge in [0.05, 0.1) is 4.92 Å². The number of nitrogens with two attached hydrogens (primary N) is 1. The summed E-state index contributed by atoms with van der Waals surface area (Å²) in [6.45, 7) is 0.774. The molecule has 5 nitrogen and oxygen atoms in total. The van der Waals surface area contributed by atoms with Crippen LogP contribution in [0.3, 0.4) is 0 Å². The van der Waals surface area contributed by atoms with Gasteiger partial charge in [0.25, 0.3) is 5.69 Å². The van der Waals surface area contributed by atoms with Crippen LogP contribution in [0, 0.1) is 10.1 Å². The van der Waals surface area contributed by atoms with Crippen molar-refractivity contribution in [2.45, 2.75) is 0 Å². The molecule has 0 spiro atoms. The van der Waals surface area contributed by atoms with Gasteiger partial charge in [0.2, 0.25) is 0 Å². The first-order valence-corrected chi connectivity index (χ1v) is 5.37. The van der Waals surface area contributed by atoms with E-state index >= 15 is 0 Å². The van der Waals surface area contributed by atoms with Crippen LogP contribution in [0.5, 0.6) is 5.75 Å². The Bertz CT molecular complexity index is 407. The molecule has 0 heterocycles. The molecule has 1 rings (SSSR count). The fourth-order valence-electron chi connectivity index (χ4n) is 1.05. The number of nitrogens with zero attached hydrogens (tertiary/aromatic N) is 1. The Hall–Kier alpha value is -1.40. The summed E-state index contributed by atoms with van der Waals surface area (Å²) < 4.78 is 5.68. The maximum absolute atomic E-state index is 10.6. The molecular formula is C10H11BrN2O3. The van der Waals surface area contributed by atoms with Gasteiger partial charge in [-0.25, -0.2) is 0 Å². The quantitative estimate of drug-likeness (QED) is 0.512. The minimum absolute atomic E-state index is 0.0136. The van der Waals surface area contributed by atoms with E-state index in [0.717, 1.165) is 0 Å². The van der Waals surface area contributed by atoms with Gasteiger partial charge in [-0.15, -0.1) is 0 Å². The van der Waals surface area contributed by atoms with E-state index < -0.39 is 4.92 Å². The number of halogens is 1. The van der Waals surface area contributed by atoms with Crippen LogP contribution < -0.4 is 10.5 Å². The summed E-state index contributed by atoms with van der Waals surface area (Å²) in [6.07, 6.45) is 3.51. The second kappa shape index (κ2) is 6.24. The standard InChI is InChI=1S/C10H11BrN2O3/c11-10-8(13(14)15)4-3-5-9(10)16-7-2-1-6-12/h1-5H,6-7,12H2/b2-1+. The molecule has 16 heavy (non-hydrogen) atoms. The summed E-state index contributed by atoms with van der Waals surface area (Å²) in [5, 5.41) is 10.6. The third-order valence-electron chi connectivity index (χ3n) is 1.78. The summed E-state index contributed by atoms with van der Waals surface area (Å²) in [5.41, 5.74) is 5.25. The molecule has 0 bridgehead atoms. The molecule has 0 radical (unpaired) electrons. The highest BCUT2D eigenvalue weighted by atomic mass is 79.9. The van der Waals surface area contributed by atoms with Crippen molar-refractivity contribution in [2.75, 3.05) is 13.2 Å². The van der Waals surface area contributed by atoms with Crippen LogP contribution in [0.2, 0.25) is 0 Å². The summed E-state index contributed by atoms with van der Waals surface area (Å²) >= 11 is 3.14. The lowest BCUT2D eigenvalue weighted by molar-refractivity contribution is -0.385. The van der Waals surface area contributed by atoms with Gasteiger partial charge < -0.3 is 10.5 Å². The van der Waals surface area contributed by atoms with E-state index in [9.17, 15) is 10.1 Å². The van der Waals surface area contributed by atoms with Gasteiger partial charge in [-0.3, -0.25) is 10.1 Å². The van der Waals surface area contributed by atoms with E-state index in [4.69, 9.17) is 10.5 Å². The number of hydrogen-bond acceptors (Lipinski definition) is 4. The summed E-state index contributed by atoms with van der Waals surface area (Å²) in [6, 6.07) is 4.64. The minimum Gasteiger partial charge on any atom is -0.488 e. The second-order valence-electron chi connectivity index (χ2n) is 2.86. The molecule has 0 aliphatic heterocycles. The van der Waals surface area contributed by atoms with Crippen LogP contribution in [-0.2, 0) is 0 Å². The zero-order valence-electron chi connectivity index (χ0n) is 8.43. The molecule has 0 aliphatic carbocycles. The smallest absolute Gasteiger partial charge is 0.287 e. The summed E-state index contributed by atoms with van der Waals surface area (Å²) in [4.78, 5) is 10.2. The average molecular weight is 287 g/mol. The number of rotatable bonds is 5. The highest BCUT2D eigenvalue weighted by Crippen LogP contribution is 2.33. The van der Waals surface area contributed by atoms with Gasteiger partial charge in [0.1, 0.15) is 16.8 Å². The van der Waals surface area contributed by atoms with E-state index in [1.54, 1.807) is 24.3 Å². The van der Waals surface area contributed by atoms with E-state index in [2.05, 4.69) is 15.9 Å².